The standard InChI is InChI=1S/C18H21BrO6/c1-6-22-17(20)11(5)25-15-7-12-14(8-13(15)19)24-10(4)16(12)18(21)23-9(2)3/h7-9,11H,6H2,1-5H3/t11-/m0/s1. The van der Waals surface area contributed by atoms with E-state index in [9.17, 15) is 9.59 Å². The van der Waals surface area contributed by atoms with Crippen molar-refractivity contribution < 1.29 is 28.2 Å². The van der Waals surface area contributed by atoms with Gasteiger partial charge in [-0.05, 0) is 62.7 Å². The van der Waals surface area contributed by atoms with E-state index in [2.05, 4.69) is 15.9 Å². The molecule has 0 spiro atoms. The van der Waals surface area contributed by atoms with Gasteiger partial charge in [0.1, 0.15) is 22.7 Å². The number of benzene rings is 1. The van der Waals surface area contributed by atoms with E-state index in [1.807, 2.05) is 0 Å². The predicted molar refractivity (Wildman–Crippen MR) is 95.9 cm³/mol. The highest BCUT2D eigenvalue weighted by Crippen LogP contribution is 2.36. The maximum Gasteiger partial charge on any atom is 0.347 e. The molecule has 0 unspecified atom stereocenters. The van der Waals surface area contributed by atoms with Crippen LogP contribution < -0.4 is 4.74 Å². The van der Waals surface area contributed by atoms with Crippen LogP contribution in [0, 0.1) is 6.92 Å². The van der Waals surface area contributed by atoms with Crippen LogP contribution in [0.1, 0.15) is 43.8 Å². The first-order valence-corrected chi connectivity index (χ1v) is 8.80. The third-order valence-corrected chi connectivity index (χ3v) is 4.01. The minimum atomic E-state index is -0.784. The van der Waals surface area contributed by atoms with Gasteiger partial charge in [0.2, 0.25) is 0 Å². The Morgan fingerprint density at radius 2 is 1.92 bits per heavy atom. The maximum absolute atomic E-state index is 12.4. The molecule has 2 rings (SSSR count). The van der Waals surface area contributed by atoms with Gasteiger partial charge in [0.15, 0.2) is 6.10 Å². The molecule has 0 aliphatic heterocycles. The highest BCUT2D eigenvalue weighted by Gasteiger charge is 2.23. The number of fused-ring (bicyclic) bond motifs is 1. The van der Waals surface area contributed by atoms with E-state index in [-0.39, 0.29) is 12.7 Å². The van der Waals surface area contributed by atoms with Crippen molar-refractivity contribution in [3.05, 3.63) is 27.9 Å². The molecule has 2 aromatic rings. The van der Waals surface area contributed by atoms with Crippen molar-refractivity contribution in [3.63, 3.8) is 0 Å². The summed E-state index contributed by atoms with van der Waals surface area (Å²) in [6.07, 6.45) is -1.03. The van der Waals surface area contributed by atoms with Gasteiger partial charge in [0.25, 0.3) is 0 Å². The number of furan rings is 1. The highest BCUT2D eigenvalue weighted by molar-refractivity contribution is 9.10. The van der Waals surface area contributed by atoms with Gasteiger partial charge in [0, 0.05) is 5.39 Å². The molecule has 136 valence electrons. The molecule has 6 nitrogen and oxygen atoms in total. The molecule has 0 N–H and O–H groups in total. The summed E-state index contributed by atoms with van der Waals surface area (Å²) in [7, 11) is 0. The summed E-state index contributed by atoms with van der Waals surface area (Å²) in [6.45, 7) is 8.87. The van der Waals surface area contributed by atoms with Gasteiger partial charge in [-0.1, -0.05) is 0 Å². The average molecular weight is 413 g/mol. The minimum absolute atomic E-state index is 0.244. The van der Waals surface area contributed by atoms with E-state index >= 15 is 0 Å². The summed E-state index contributed by atoms with van der Waals surface area (Å²) in [5.74, 6) is -0.0501. The Morgan fingerprint density at radius 3 is 2.52 bits per heavy atom. The predicted octanol–water partition coefficient (Wildman–Crippen LogP) is 4.40. The molecule has 25 heavy (non-hydrogen) atoms. The van der Waals surface area contributed by atoms with Gasteiger partial charge < -0.3 is 18.6 Å². The number of hydrogen-bond acceptors (Lipinski definition) is 6. The molecular weight excluding hydrogens is 392 g/mol. The third kappa shape index (κ3) is 4.34. The molecule has 0 bridgehead atoms. The summed E-state index contributed by atoms with van der Waals surface area (Å²) in [4.78, 5) is 24.1. The van der Waals surface area contributed by atoms with E-state index in [4.69, 9.17) is 18.6 Å². The number of esters is 2. The van der Waals surface area contributed by atoms with Crippen molar-refractivity contribution >= 4 is 38.8 Å². The number of rotatable bonds is 6. The van der Waals surface area contributed by atoms with E-state index in [0.29, 0.717) is 32.5 Å². The minimum Gasteiger partial charge on any atom is -0.478 e. The van der Waals surface area contributed by atoms with Crippen molar-refractivity contribution in [2.24, 2.45) is 0 Å². The third-order valence-electron chi connectivity index (χ3n) is 3.39. The molecule has 0 saturated heterocycles. The van der Waals surface area contributed by atoms with Gasteiger partial charge in [-0.25, -0.2) is 9.59 Å². The molecule has 0 saturated carbocycles. The van der Waals surface area contributed by atoms with Crippen LogP contribution >= 0.6 is 15.9 Å². The van der Waals surface area contributed by atoms with Crippen molar-refractivity contribution in [3.8, 4) is 5.75 Å². The Hall–Kier alpha value is -2.02. The molecular formula is C18H21BrO6. The Labute approximate surface area is 154 Å². The Kier molecular flexibility index (Phi) is 6.11. The monoisotopic (exact) mass is 412 g/mol. The molecule has 1 aromatic carbocycles. The average Bonchev–Trinajstić information content (AvgIpc) is 2.81. The van der Waals surface area contributed by atoms with Crippen LogP contribution in [-0.4, -0.2) is 30.8 Å². The van der Waals surface area contributed by atoms with Gasteiger partial charge in [0.05, 0.1) is 17.2 Å². The van der Waals surface area contributed by atoms with Crippen LogP contribution in [0.5, 0.6) is 5.75 Å². The molecule has 1 aromatic heterocycles. The topological polar surface area (TPSA) is 75.0 Å². The maximum atomic E-state index is 12.4. The first-order chi connectivity index (χ1) is 11.7. The SMILES string of the molecule is CCOC(=O)[C@H](C)Oc1cc2c(C(=O)OC(C)C)c(C)oc2cc1Br. The molecule has 0 amide bonds. The molecule has 0 aliphatic carbocycles. The number of ether oxygens (including phenoxy) is 3. The van der Waals surface area contributed by atoms with Crippen molar-refractivity contribution in [1.82, 2.24) is 0 Å². The quantitative estimate of drug-likeness (QED) is 0.654. The molecule has 1 atom stereocenters. The fourth-order valence-electron chi connectivity index (χ4n) is 2.34. The van der Waals surface area contributed by atoms with Crippen LogP contribution in [-0.2, 0) is 14.3 Å². The summed E-state index contributed by atoms with van der Waals surface area (Å²) in [5.41, 5.74) is 0.876. The number of hydrogen-bond donors (Lipinski definition) is 0. The van der Waals surface area contributed by atoms with Crippen LogP contribution in [0.2, 0.25) is 0 Å². The number of carbonyl (C=O) groups excluding carboxylic acids is 2. The van der Waals surface area contributed by atoms with E-state index in [1.54, 1.807) is 46.8 Å². The summed E-state index contributed by atoms with van der Waals surface area (Å²) in [5, 5.41) is 0.567. The lowest BCUT2D eigenvalue weighted by molar-refractivity contribution is -0.150. The van der Waals surface area contributed by atoms with Crippen molar-refractivity contribution in [2.45, 2.75) is 46.8 Å². The summed E-state index contributed by atoms with van der Waals surface area (Å²) < 4.78 is 22.2. The molecule has 0 fully saturated rings. The molecule has 0 radical (unpaired) electrons. The zero-order valence-corrected chi connectivity index (χ0v) is 16.4. The number of halogens is 1. The Bertz CT molecular complexity index is 792. The first kappa shape index (κ1) is 19.3. The second-order valence-corrected chi connectivity index (χ2v) is 6.63. The van der Waals surface area contributed by atoms with E-state index < -0.39 is 18.0 Å². The van der Waals surface area contributed by atoms with E-state index in [0.717, 1.165) is 0 Å². The van der Waals surface area contributed by atoms with Crippen LogP contribution in [0.4, 0.5) is 0 Å². The van der Waals surface area contributed by atoms with Crippen molar-refractivity contribution in [2.75, 3.05) is 6.61 Å². The van der Waals surface area contributed by atoms with E-state index in [1.165, 1.54) is 0 Å². The second kappa shape index (κ2) is 7.91. The van der Waals surface area contributed by atoms with Gasteiger partial charge in [-0.2, -0.15) is 0 Å². The number of carbonyl (C=O) groups is 2. The Morgan fingerprint density at radius 1 is 1.24 bits per heavy atom. The molecule has 7 heteroatoms. The molecule has 0 aliphatic rings. The largest absolute Gasteiger partial charge is 0.478 e. The summed E-state index contributed by atoms with van der Waals surface area (Å²) in [6, 6.07) is 3.35. The fourth-order valence-corrected chi connectivity index (χ4v) is 2.75. The Balaban J connectivity index is 2.41. The molecule has 1 heterocycles. The first-order valence-electron chi connectivity index (χ1n) is 8.01. The van der Waals surface area contributed by atoms with Gasteiger partial charge >= 0.3 is 11.9 Å². The number of aryl methyl sites for hydroxylation is 1. The second-order valence-electron chi connectivity index (χ2n) is 5.78. The zero-order chi connectivity index (χ0) is 18.7. The van der Waals surface area contributed by atoms with Crippen molar-refractivity contribution in [1.29, 1.82) is 0 Å². The lowest BCUT2D eigenvalue weighted by Crippen LogP contribution is -2.26. The van der Waals surface area contributed by atoms with Crippen LogP contribution in [0.25, 0.3) is 11.0 Å². The normalized spacial score (nSPS) is 12.3. The lowest BCUT2D eigenvalue weighted by Gasteiger charge is -2.14. The lowest BCUT2D eigenvalue weighted by atomic mass is 10.1. The van der Waals surface area contributed by atoms with Gasteiger partial charge in [-0.15, -0.1) is 0 Å². The van der Waals surface area contributed by atoms with Gasteiger partial charge in [-0.3, -0.25) is 0 Å². The van der Waals surface area contributed by atoms with Crippen LogP contribution in [0.15, 0.2) is 21.0 Å². The van der Waals surface area contributed by atoms with Crippen LogP contribution in [0.3, 0.4) is 0 Å². The highest BCUT2D eigenvalue weighted by atomic mass is 79.9. The fraction of sp³-hybridized carbons (Fsp3) is 0.444. The zero-order valence-electron chi connectivity index (χ0n) is 14.8. The summed E-state index contributed by atoms with van der Waals surface area (Å²) >= 11 is 3.39. The smallest absolute Gasteiger partial charge is 0.347 e.